The lowest BCUT2D eigenvalue weighted by molar-refractivity contribution is 0.279. The lowest BCUT2D eigenvalue weighted by Gasteiger charge is -2.19. The van der Waals surface area contributed by atoms with Gasteiger partial charge in [0.05, 0.1) is 5.69 Å². The van der Waals surface area contributed by atoms with E-state index in [4.69, 9.17) is 16.6 Å². The predicted molar refractivity (Wildman–Crippen MR) is 110 cm³/mol. The second-order valence-electron chi connectivity index (χ2n) is 7.28. The summed E-state index contributed by atoms with van der Waals surface area (Å²) in [5.74, 6) is 0.819. The van der Waals surface area contributed by atoms with E-state index in [2.05, 4.69) is 71.4 Å². The zero-order valence-electron chi connectivity index (χ0n) is 15.7. The third kappa shape index (κ3) is 4.55. The first-order valence-corrected chi connectivity index (χ1v) is 9.91. The standard InChI is InChI=1S/C23H24ClN3/c1-17-7-9-18(10-8-17)15-22-25-21-12-14-27(13-11-20(21)23(24)26-22)16-19-5-3-2-4-6-19/h2-10H,11-16H2,1H3. The highest BCUT2D eigenvalue weighted by Gasteiger charge is 2.19. The quantitative estimate of drug-likeness (QED) is 0.621. The molecule has 4 heteroatoms. The van der Waals surface area contributed by atoms with Crippen LogP contribution in [0.15, 0.2) is 54.6 Å². The van der Waals surface area contributed by atoms with Crippen molar-refractivity contribution in [3.8, 4) is 0 Å². The van der Waals surface area contributed by atoms with Crippen molar-refractivity contribution in [2.45, 2.75) is 32.7 Å². The van der Waals surface area contributed by atoms with Gasteiger partial charge in [0, 0.05) is 38.0 Å². The highest BCUT2D eigenvalue weighted by molar-refractivity contribution is 6.30. The highest BCUT2D eigenvalue weighted by atomic mass is 35.5. The predicted octanol–water partition coefficient (Wildman–Crippen LogP) is 4.63. The van der Waals surface area contributed by atoms with Crippen LogP contribution in [0.5, 0.6) is 0 Å². The molecule has 1 aliphatic rings. The van der Waals surface area contributed by atoms with Crippen LogP contribution in [0.2, 0.25) is 5.15 Å². The van der Waals surface area contributed by atoms with Gasteiger partial charge in [0.15, 0.2) is 0 Å². The SMILES string of the molecule is Cc1ccc(Cc2nc(Cl)c3c(n2)CCN(Cc2ccccc2)CC3)cc1. The molecule has 27 heavy (non-hydrogen) atoms. The van der Waals surface area contributed by atoms with Crippen LogP contribution < -0.4 is 0 Å². The fourth-order valence-corrected chi connectivity index (χ4v) is 3.92. The molecule has 0 spiro atoms. The summed E-state index contributed by atoms with van der Waals surface area (Å²) < 4.78 is 0. The van der Waals surface area contributed by atoms with E-state index < -0.39 is 0 Å². The van der Waals surface area contributed by atoms with Crippen LogP contribution in [0.1, 0.15) is 33.8 Å². The Bertz CT molecular complexity index is 907. The number of aromatic nitrogens is 2. The Kier molecular flexibility index (Phi) is 5.51. The number of fused-ring (bicyclic) bond motifs is 1. The molecule has 4 rings (SSSR count). The van der Waals surface area contributed by atoms with E-state index in [1.54, 1.807) is 0 Å². The maximum atomic E-state index is 6.55. The van der Waals surface area contributed by atoms with Gasteiger partial charge in [-0.3, -0.25) is 4.90 Å². The molecule has 3 aromatic rings. The molecule has 0 bridgehead atoms. The largest absolute Gasteiger partial charge is 0.298 e. The average molecular weight is 378 g/mol. The first-order chi connectivity index (χ1) is 13.2. The van der Waals surface area contributed by atoms with Crippen LogP contribution in [-0.4, -0.2) is 28.0 Å². The summed E-state index contributed by atoms with van der Waals surface area (Å²) in [4.78, 5) is 11.9. The van der Waals surface area contributed by atoms with Crippen molar-refractivity contribution in [2.75, 3.05) is 13.1 Å². The third-order valence-corrected chi connectivity index (χ3v) is 5.48. The van der Waals surface area contributed by atoms with Gasteiger partial charge in [0.2, 0.25) is 0 Å². The average Bonchev–Trinajstić information content (AvgIpc) is 2.87. The fourth-order valence-electron chi connectivity index (χ4n) is 3.62. The number of rotatable bonds is 4. The molecule has 1 aliphatic heterocycles. The molecule has 3 nitrogen and oxygen atoms in total. The Labute approximate surface area is 166 Å². The highest BCUT2D eigenvalue weighted by Crippen LogP contribution is 2.23. The van der Waals surface area contributed by atoms with Gasteiger partial charge >= 0.3 is 0 Å². The third-order valence-electron chi connectivity index (χ3n) is 5.16. The first kappa shape index (κ1) is 18.1. The van der Waals surface area contributed by atoms with E-state index in [9.17, 15) is 0 Å². The minimum Gasteiger partial charge on any atom is -0.298 e. The molecular formula is C23H24ClN3. The van der Waals surface area contributed by atoms with E-state index in [0.717, 1.165) is 56.0 Å². The van der Waals surface area contributed by atoms with E-state index >= 15 is 0 Å². The molecule has 0 saturated heterocycles. The molecule has 0 unspecified atom stereocenters. The van der Waals surface area contributed by atoms with Crippen LogP contribution in [0.4, 0.5) is 0 Å². The van der Waals surface area contributed by atoms with Crippen molar-refractivity contribution in [1.29, 1.82) is 0 Å². The minimum atomic E-state index is 0.628. The Morgan fingerprint density at radius 3 is 2.41 bits per heavy atom. The molecule has 0 N–H and O–H groups in total. The maximum Gasteiger partial charge on any atom is 0.136 e. The van der Waals surface area contributed by atoms with Crippen LogP contribution in [0.25, 0.3) is 0 Å². The maximum absolute atomic E-state index is 6.55. The first-order valence-electron chi connectivity index (χ1n) is 9.53. The molecule has 1 aromatic heterocycles. The fraction of sp³-hybridized carbons (Fsp3) is 0.304. The summed E-state index contributed by atoms with van der Waals surface area (Å²) >= 11 is 6.55. The molecule has 0 saturated carbocycles. The number of halogens is 1. The molecule has 2 aromatic carbocycles. The smallest absolute Gasteiger partial charge is 0.136 e. The molecular weight excluding hydrogens is 354 g/mol. The Morgan fingerprint density at radius 2 is 1.63 bits per heavy atom. The molecule has 0 amide bonds. The van der Waals surface area contributed by atoms with Crippen LogP contribution in [0.3, 0.4) is 0 Å². The van der Waals surface area contributed by atoms with Crippen LogP contribution in [0, 0.1) is 6.92 Å². The normalized spacial score (nSPS) is 14.6. The molecule has 0 aliphatic carbocycles. The number of hydrogen-bond acceptors (Lipinski definition) is 3. The summed E-state index contributed by atoms with van der Waals surface area (Å²) in [5.41, 5.74) is 6.07. The monoisotopic (exact) mass is 377 g/mol. The summed E-state index contributed by atoms with van der Waals surface area (Å²) in [6.45, 7) is 5.05. The Morgan fingerprint density at radius 1 is 0.889 bits per heavy atom. The van der Waals surface area contributed by atoms with Gasteiger partial charge in [-0.1, -0.05) is 71.8 Å². The second-order valence-corrected chi connectivity index (χ2v) is 7.64. The molecule has 0 radical (unpaired) electrons. The summed E-state index contributed by atoms with van der Waals surface area (Å²) in [5, 5.41) is 0.628. The van der Waals surface area contributed by atoms with Crippen molar-refractivity contribution in [2.24, 2.45) is 0 Å². The van der Waals surface area contributed by atoms with Crippen LogP contribution >= 0.6 is 11.6 Å². The van der Waals surface area contributed by atoms with Crippen LogP contribution in [-0.2, 0) is 25.8 Å². The number of benzene rings is 2. The van der Waals surface area contributed by atoms with Crippen molar-refractivity contribution < 1.29 is 0 Å². The summed E-state index contributed by atoms with van der Waals surface area (Å²) in [6.07, 6.45) is 2.55. The zero-order chi connectivity index (χ0) is 18.6. The van der Waals surface area contributed by atoms with Gasteiger partial charge in [-0.05, 0) is 24.5 Å². The minimum absolute atomic E-state index is 0.628. The second kappa shape index (κ2) is 8.20. The van der Waals surface area contributed by atoms with Crippen molar-refractivity contribution in [3.63, 3.8) is 0 Å². The van der Waals surface area contributed by atoms with E-state index in [1.165, 1.54) is 16.7 Å². The van der Waals surface area contributed by atoms with Crippen molar-refractivity contribution in [3.05, 3.63) is 93.5 Å². The Balaban J connectivity index is 1.49. The van der Waals surface area contributed by atoms with Gasteiger partial charge in [-0.15, -0.1) is 0 Å². The number of nitrogens with zero attached hydrogens (tertiary/aromatic N) is 3. The van der Waals surface area contributed by atoms with Gasteiger partial charge in [0.25, 0.3) is 0 Å². The van der Waals surface area contributed by atoms with Gasteiger partial charge in [-0.25, -0.2) is 9.97 Å². The number of hydrogen-bond donors (Lipinski definition) is 0. The van der Waals surface area contributed by atoms with Gasteiger partial charge in [0.1, 0.15) is 11.0 Å². The molecule has 0 fully saturated rings. The van der Waals surface area contributed by atoms with E-state index in [1.807, 2.05) is 0 Å². The van der Waals surface area contributed by atoms with E-state index in [0.29, 0.717) is 5.15 Å². The van der Waals surface area contributed by atoms with E-state index in [-0.39, 0.29) is 0 Å². The topological polar surface area (TPSA) is 29.0 Å². The molecule has 138 valence electrons. The summed E-state index contributed by atoms with van der Waals surface area (Å²) in [7, 11) is 0. The number of aryl methyl sites for hydroxylation is 1. The lowest BCUT2D eigenvalue weighted by atomic mass is 10.1. The molecule has 0 atom stereocenters. The van der Waals surface area contributed by atoms with Crippen molar-refractivity contribution in [1.82, 2.24) is 14.9 Å². The molecule has 2 heterocycles. The summed E-state index contributed by atoms with van der Waals surface area (Å²) in [6, 6.07) is 19.2. The van der Waals surface area contributed by atoms with Crippen molar-refractivity contribution >= 4 is 11.6 Å². The van der Waals surface area contributed by atoms with Gasteiger partial charge < -0.3 is 0 Å². The van der Waals surface area contributed by atoms with Gasteiger partial charge in [-0.2, -0.15) is 0 Å². The zero-order valence-corrected chi connectivity index (χ0v) is 16.4. The Hall–Kier alpha value is -2.23. The lowest BCUT2D eigenvalue weighted by Crippen LogP contribution is -2.25.